The normalized spacial score (nSPS) is 12.5. The van der Waals surface area contributed by atoms with Gasteiger partial charge in [-0.3, -0.25) is 9.58 Å². The summed E-state index contributed by atoms with van der Waals surface area (Å²) in [7, 11) is 8.74. The molecule has 1 aliphatic rings. The highest BCUT2D eigenvalue weighted by Gasteiger charge is 2.15. The zero-order chi connectivity index (χ0) is 67.4. The quantitative estimate of drug-likeness (QED) is 0.0674. The van der Waals surface area contributed by atoms with Gasteiger partial charge in [-0.05, 0) is 161 Å². The van der Waals surface area contributed by atoms with Crippen LogP contribution < -0.4 is 14.2 Å². The van der Waals surface area contributed by atoms with Gasteiger partial charge >= 0.3 is 0 Å². The van der Waals surface area contributed by atoms with E-state index in [1.807, 2.05) is 179 Å². The number of oxazole rings is 1. The van der Waals surface area contributed by atoms with Gasteiger partial charge in [-0.15, -0.1) is 11.3 Å². The van der Waals surface area contributed by atoms with E-state index in [9.17, 15) is 24.8 Å². The molecule has 14 nitrogen and oxygen atoms in total. The summed E-state index contributed by atoms with van der Waals surface area (Å²) in [5, 5.41) is 45.3. The Labute approximate surface area is 559 Å². The number of likely N-dealkylation sites (N-methyl/N-ethyl adjacent to an activating group) is 1. The maximum atomic E-state index is 13.5. The van der Waals surface area contributed by atoms with E-state index in [0.717, 1.165) is 122 Å². The van der Waals surface area contributed by atoms with Gasteiger partial charge in [0.15, 0.2) is 52.5 Å². The predicted octanol–water partition coefficient (Wildman–Crippen LogP) is 17.6. The first-order valence-corrected chi connectivity index (χ1v) is 31.8. The molecule has 4 heterocycles. The molecule has 0 saturated carbocycles. The van der Waals surface area contributed by atoms with Crippen molar-refractivity contribution in [2.45, 2.75) is 34.2 Å². The summed E-state index contributed by atoms with van der Waals surface area (Å²) in [5.74, 6) is 1.16. The summed E-state index contributed by atoms with van der Waals surface area (Å²) in [6.07, 6.45) is 22.8. The van der Waals surface area contributed by atoms with Gasteiger partial charge in [0, 0.05) is 68.0 Å². The lowest BCUT2D eigenvalue weighted by molar-refractivity contribution is 0.148. The summed E-state index contributed by atoms with van der Waals surface area (Å²) in [6, 6.07) is 47.4. The SMILES string of the molecule is COc1cc(/C=C/c2ccc(-c3cocn3)cc2)cc(C)c1O.COc1cc(/C=C/c2ccc(-c3cscn3)cc2)cc(C)c1O.COc1cc(/C=C/c2ccc(CN3CCN(C)CC3)cc2)cc(C)c1O.Cc1cc(/C=C/c2ccc(-c3cnn(C)c3)cc2)cc(F)c1O. The van der Waals surface area contributed by atoms with Crippen LogP contribution in [-0.4, -0.2) is 105 Å². The smallest absolute Gasteiger partial charge is 0.181 e. The number of rotatable bonds is 16. The summed E-state index contributed by atoms with van der Waals surface area (Å²) in [4.78, 5) is 13.3. The van der Waals surface area contributed by atoms with Gasteiger partial charge < -0.3 is 44.0 Å². The molecule has 16 heteroatoms. The molecule has 3 aromatic heterocycles. The molecule has 4 N–H and O–H groups in total. The second-order valence-electron chi connectivity index (χ2n) is 23.0. The van der Waals surface area contributed by atoms with Gasteiger partial charge in [0.2, 0.25) is 0 Å². The van der Waals surface area contributed by atoms with E-state index in [-0.39, 0.29) is 23.0 Å². The number of aromatic nitrogens is 4. The van der Waals surface area contributed by atoms with E-state index in [1.54, 1.807) is 56.6 Å². The van der Waals surface area contributed by atoms with Crippen LogP contribution in [0.25, 0.3) is 82.2 Å². The molecule has 11 aromatic rings. The Kier molecular flexibility index (Phi) is 24.0. The van der Waals surface area contributed by atoms with Crippen molar-refractivity contribution < 1.29 is 43.4 Å². The zero-order valence-corrected chi connectivity index (χ0v) is 55.7. The van der Waals surface area contributed by atoms with Gasteiger partial charge in [-0.25, -0.2) is 14.4 Å². The van der Waals surface area contributed by atoms with Gasteiger partial charge in [-0.2, -0.15) is 5.10 Å². The Morgan fingerprint density at radius 1 is 0.474 bits per heavy atom. The lowest BCUT2D eigenvalue weighted by Gasteiger charge is -2.32. The van der Waals surface area contributed by atoms with Crippen LogP contribution in [0.3, 0.4) is 0 Å². The van der Waals surface area contributed by atoms with Gasteiger partial charge in [0.25, 0.3) is 0 Å². The van der Waals surface area contributed by atoms with Gasteiger partial charge in [0.05, 0.1) is 38.7 Å². The molecule has 1 fully saturated rings. The number of methoxy groups -OCH3 is 3. The molecular formula is C79H79FN6O8S. The van der Waals surface area contributed by atoms with Crippen LogP contribution in [0.2, 0.25) is 0 Å². The molecule has 1 aliphatic heterocycles. The Morgan fingerprint density at radius 2 is 0.874 bits per heavy atom. The molecule has 1 saturated heterocycles. The Balaban J connectivity index is 0.000000149. The van der Waals surface area contributed by atoms with Crippen LogP contribution in [-0.2, 0) is 13.6 Å². The number of nitrogens with zero attached hydrogens (tertiary/aromatic N) is 6. The van der Waals surface area contributed by atoms with Crippen molar-refractivity contribution in [3.05, 3.63) is 260 Å². The number of hydrogen-bond donors (Lipinski definition) is 4. The van der Waals surface area contributed by atoms with Crippen LogP contribution in [0.4, 0.5) is 4.39 Å². The number of hydrogen-bond acceptors (Lipinski definition) is 14. The maximum Gasteiger partial charge on any atom is 0.181 e. The van der Waals surface area contributed by atoms with Crippen LogP contribution >= 0.6 is 11.3 Å². The van der Waals surface area contributed by atoms with Crippen LogP contribution in [0.1, 0.15) is 72.3 Å². The molecule has 0 bridgehead atoms. The number of phenols is 4. The third kappa shape index (κ3) is 19.4. The third-order valence-corrected chi connectivity index (χ3v) is 16.5. The number of phenolic OH excluding ortho intramolecular Hbond substituents is 4. The number of ether oxygens (including phenoxy) is 3. The molecule has 0 aliphatic carbocycles. The predicted molar refractivity (Wildman–Crippen MR) is 384 cm³/mol. The molecular weight excluding hydrogens is 1210 g/mol. The molecule has 0 atom stereocenters. The van der Waals surface area contributed by atoms with Crippen LogP contribution in [0.15, 0.2) is 186 Å². The van der Waals surface area contributed by atoms with Crippen LogP contribution in [0.5, 0.6) is 40.2 Å². The van der Waals surface area contributed by atoms with Gasteiger partial charge in [0.1, 0.15) is 12.0 Å². The summed E-state index contributed by atoms with van der Waals surface area (Å²) < 4.78 is 35.9. The minimum Gasteiger partial charge on any atom is -0.505 e. The second kappa shape index (κ2) is 33.2. The number of aryl methyl sites for hydroxylation is 5. The average Bonchev–Trinajstić information content (AvgIpc) is 1.52. The fourth-order valence-electron chi connectivity index (χ4n) is 10.3. The first-order valence-electron chi connectivity index (χ1n) is 30.8. The van der Waals surface area contributed by atoms with Crippen LogP contribution in [0, 0.1) is 33.5 Å². The Morgan fingerprint density at radius 3 is 1.25 bits per heavy atom. The first kappa shape index (κ1) is 68.6. The second-order valence-corrected chi connectivity index (χ2v) is 23.7. The monoisotopic (exact) mass is 1290 g/mol. The van der Waals surface area contributed by atoms with Crippen molar-refractivity contribution in [1.82, 2.24) is 29.5 Å². The first-order chi connectivity index (χ1) is 45.9. The molecule has 0 spiro atoms. The highest BCUT2D eigenvalue weighted by atomic mass is 32.1. The topological polar surface area (TPSA) is 172 Å². The number of thiazole rings is 1. The molecule has 12 rings (SSSR count). The van der Waals surface area contributed by atoms with E-state index >= 15 is 0 Å². The highest BCUT2D eigenvalue weighted by molar-refractivity contribution is 7.07. The van der Waals surface area contributed by atoms with E-state index < -0.39 is 5.82 Å². The van der Waals surface area contributed by atoms with E-state index in [2.05, 4.69) is 86.5 Å². The molecule has 486 valence electrons. The molecule has 0 radical (unpaired) electrons. The molecule has 8 aromatic carbocycles. The Hall–Kier alpha value is -10.8. The van der Waals surface area contributed by atoms with E-state index in [0.29, 0.717) is 28.4 Å². The third-order valence-electron chi connectivity index (χ3n) is 15.9. The fourth-order valence-corrected chi connectivity index (χ4v) is 10.9. The lowest BCUT2D eigenvalue weighted by atomic mass is 10.1. The lowest BCUT2D eigenvalue weighted by Crippen LogP contribution is -2.43. The number of halogens is 1. The Bertz CT molecular complexity index is 4240. The van der Waals surface area contributed by atoms with E-state index in [4.69, 9.17) is 18.6 Å². The van der Waals surface area contributed by atoms with E-state index in [1.165, 1.54) is 18.0 Å². The zero-order valence-electron chi connectivity index (χ0n) is 54.9. The highest BCUT2D eigenvalue weighted by Crippen LogP contribution is 2.35. The van der Waals surface area contributed by atoms with Crippen molar-refractivity contribution in [3.8, 4) is 73.9 Å². The van der Waals surface area contributed by atoms with Gasteiger partial charge in [-0.1, -0.05) is 146 Å². The maximum absolute atomic E-state index is 13.5. The van der Waals surface area contributed by atoms with Crippen molar-refractivity contribution >= 4 is 59.9 Å². The average molecular weight is 1290 g/mol. The van der Waals surface area contributed by atoms with Crippen molar-refractivity contribution in [2.24, 2.45) is 7.05 Å². The molecule has 0 unspecified atom stereocenters. The fraction of sp³-hybridized carbons (Fsp3) is 0.177. The van der Waals surface area contributed by atoms with Crippen molar-refractivity contribution in [2.75, 3.05) is 54.6 Å². The molecule has 95 heavy (non-hydrogen) atoms. The number of piperazine rings is 1. The van der Waals surface area contributed by atoms with Crippen molar-refractivity contribution in [1.29, 1.82) is 0 Å². The minimum absolute atomic E-state index is 0.182. The summed E-state index contributed by atoms with van der Waals surface area (Å²) in [6.45, 7) is 12.9. The standard InChI is InChI=1S/C22H28N2O2.C19H17FN2O.C19H17NO3.C19H17NO2S/c1-17-14-20(15-21(26-3)22(17)25)9-6-18-4-7-19(8-5-18)16-24-12-10-23(2)11-13-24;1-13-9-15(10-18(20)19(13)23)4-3-14-5-7-16(8-6-14)17-11-21-22(2)12-17;2*1-13-9-15(10-18(22-2)19(13)21)4-3-14-5-7-16(8-6-14)17-11-23-12-20-17/h4-9,14-15,25H,10-13,16H2,1-3H3;3-12,23H,1-2H3;2*3-12,21H,1-2H3/b9-6+;3*4-3+. The largest absolute Gasteiger partial charge is 0.505 e. The van der Waals surface area contributed by atoms with Crippen molar-refractivity contribution in [3.63, 3.8) is 0 Å². The number of benzene rings is 8. The molecule has 0 amide bonds. The number of aromatic hydroxyl groups is 4. The summed E-state index contributed by atoms with van der Waals surface area (Å²) in [5.41, 5.74) is 20.3. The summed E-state index contributed by atoms with van der Waals surface area (Å²) >= 11 is 1.59. The minimum atomic E-state index is -0.600.